The zero-order valence-electron chi connectivity index (χ0n) is 15.0. The van der Waals surface area contributed by atoms with Crippen LogP contribution in [0, 0.1) is 23.2 Å². The van der Waals surface area contributed by atoms with Crippen LogP contribution >= 0.6 is 0 Å². The maximum absolute atomic E-state index is 3.80. The molecule has 2 nitrogen and oxygen atoms in total. The Hall–Kier alpha value is -0.0800. The smallest absolute Gasteiger partial charge is 0.00793 e. The van der Waals surface area contributed by atoms with Gasteiger partial charge in [0.05, 0.1) is 0 Å². The van der Waals surface area contributed by atoms with Crippen molar-refractivity contribution in [2.45, 2.75) is 84.1 Å². The molecule has 0 saturated heterocycles. The lowest BCUT2D eigenvalue weighted by Crippen LogP contribution is -2.54. The molecule has 2 bridgehead atoms. The second-order valence-corrected chi connectivity index (χ2v) is 8.90. The van der Waals surface area contributed by atoms with E-state index in [1.54, 1.807) is 0 Å². The summed E-state index contributed by atoms with van der Waals surface area (Å²) in [7, 11) is 0. The fraction of sp³-hybridized carbons (Fsp3) is 1.00. The van der Waals surface area contributed by atoms with Crippen molar-refractivity contribution in [1.29, 1.82) is 0 Å². The summed E-state index contributed by atoms with van der Waals surface area (Å²) in [6.45, 7) is 8.59. The van der Waals surface area contributed by atoms with E-state index in [2.05, 4.69) is 24.5 Å². The van der Waals surface area contributed by atoms with Crippen LogP contribution in [-0.2, 0) is 0 Å². The third-order valence-corrected chi connectivity index (χ3v) is 7.25. The van der Waals surface area contributed by atoms with Gasteiger partial charge < -0.3 is 10.6 Å². The minimum absolute atomic E-state index is 0.641. The van der Waals surface area contributed by atoms with Crippen molar-refractivity contribution in [2.75, 3.05) is 19.6 Å². The van der Waals surface area contributed by atoms with Crippen LogP contribution in [0.15, 0.2) is 0 Å². The number of nitrogens with one attached hydrogen (secondary N) is 2. The number of fused-ring (bicyclic) bond motifs is 2. The molecule has 0 aromatic rings. The lowest BCUT2D eigenvalue weighted by molar-refractivity contribution is -0.103. The molecule has 0 aromatic carbocycles. The van der Waals surface area contributed by atoms with Gasteiger partial charge in [0.25, 0.3) is 0 Å². The Bertz CT molecular complexity index is 329. The van der Waals surface area contributed by atoms with Crippen molar-refractivity contribution in [3.8, 4) is 0 Å². The second-order valence-electron chi connectivity index (χ2n) is 8.90. The third-order valence-electron chi connectivity index (χ3n) is 7.25. The first-order valence-corrected chi connectivity index (χ1v) is 10.1. The lowest BCUT2D eigenvalue weighted by atomic mass is 9.45. The topological polar surface area (TPSA) is 24.1 Å². The minimum Gasteiger partial charge on any atom is -0.315 e. The Kier molecular flexibility index (Phi) is 5.84. The van der Waals surface area contributed by atoms with Gasteiger partial charge >= 0.3 is 0 Å². The number of hydrogen-bond acceptors (Lipinski definition) is 2. The van der Waals surface area contributed by atoms with Gasteiger partial charge in [-0.1, -0.05) is 46.0 Å². The molecule has 0 aromatic heterocycles. The van der Waals surface area contributed by atoms with Crippen LogP contribution in [0.3, 0.4) is 0 Å². The van der Waals surface area contributed by atoms with Gasteiger partial charge in [-0.05, 0) is 61.8 Å². The molecule has 128 valence electrons. The monoisotopic (exact) mass is 306 g/mol. The van der Waals surface area contributed by atoms with E-state index in [4.69, 9.17) is 0 Å². The first-order valence-electron chi connectivity index (χ1n) is 10.1. The van der Waals surface area contributed by atoms with Gasteiger partial charge in [-0.25, -0.2) is 0 Å². The fourth-order valence-electron chi connectivity index (χ4n) is 5.52. The maximum Gasteiger partial charge on any atom is 0.00793 e. The highest BCUT2D eigenvalue weighted by Gasteiger charge is 2.53. The molecule has 0 radical (unpaired) electrons. The lowest BCUT2D eigenvalue weighted by Gasteiger charge is -2.60. The quantitative estimate of drug-likeness (QED) is 0.713. The van der Waals surface area contributed by atoms with Gasteiger partial charge in [0.15, 0.2) is 0 Å². The molecule has 4 aliphatic carbocycles. The van der Waals surface area contributed by atoms with Crippen LogP contribution in [0.2, 0.25) is 0 Å². The largest absolute Gasteiger partial charge is 0.315 e. The molecular weight excluding hydrogens is 268 g/mol. The number of hydrogen-bond donors (Lipinski definition) is 2. The molecule has 4 aliphatic rings. The first kappa shape index (κ1) is 16.8. The predicted octanol–water partition coefficient (Wildman–Crippen LogP) is 4.35. The van der Waals surface area contributed by atoms with Crippen LogP contribution in [0.5, 0.6) is 0 Å². The van der Waals surface area contributed by atoms with Crippen LogP contribution in [0.25, 0.3) is 0 Å². The molecule has 2 N–H and O–H groups in total. The maximum atomic E-state index is 3.80. The van der Waals surface area contributed by atoms with E-state index in [1.807, 2.05) is 0 Å². The predicted molar refractivity (Wildman–Crippen MR) is 95.1 cm³/mol. The van der Waals surface area contributed by atoms with Crippen LogP contribution in [-0.4, -0.2) is 25.7 Å². The standard InChI is InChI=1S/C20H38N2/c1-20(2)17-11-10-16(19(20)14-17)15-21-12-13-22-18-8-6-4-3-5-7-9-18/h16-19,21-22H,3-15H2,1-2H3/t16?,17?,19-/m0/s1. The van der Waals surface area contributed by atoms with Crippen molar-refractivity contribution < 1.29 is 0 Å². The Morgan fingerprint density at radius 2 is 1.59 bits per heavy atom. The third kappa shape index (κ3) is 3.87. The van der Waals surface area contributed by atoms with E-state index in [-0.39, 0.29) is 0 Å². The normalized spacial score (nSPS) is 35.5. The van der Waals surface area contributed by atoms with Gasteiger partial charge in [-0.15, -0.1) is 0 Å². The summed E-state index contributed by atoms with van der Waals surface area (Å²) in [6.07, 6.45) is 14.5. The van der Waals surface area contributed by atoms with E-state index in [9.17, 15) is 0 Å². The van der Waals surface area contributed by atoms with E-state index < -0.39 is 0 Å². The Morgan fingerprint density at radius 1 is 0.864 bits per heavy atom. The highest BCUT2D eigenvalue weighted by molar-refractivity contribution is 5.03. The summed E-state index contributed by atoms with van der Waals surface area (Å²) in [5.74, 6) is 2.98. The summed E-state index contributed by atoms with van der Waals surface area (Å²) >= 11 is 0. The van der Waals surface area contributed by atoms with Gasteiger partial charge in [-0.3, -0.25) is 0 Å². The van der Waals surface area contributed by atoms with Crippen LogP contribution in [0.4, 0.5) is 0 Å². The summed E-state index contributed by atoms with van der Waals surface area (Å²) in [4.78, 5) is 0. The summed E-state index contributed by atoms with van der Waals surface area (Å²) in [6, 6.07) is 0.795. The molecule has 2 heteroatoms. The summed E-state index contributed by atoms with van der Waals surface area (Å²) in [5, 5.41) is 7.55. The molecule has 22 heavy (non-hydrogen) atoms. The Balaban J connectivity index is 1.27. The van der Waals surface area contributed by atoms with Crippen molar-refractivity contribution in [2.24, 2.45) is 23.2 Å². The average Bonchev–Trinajstić information content (AvgIpc) is 2.48. The first-order chi connectivity index (χ1) is 10.7. The zero-order chi connectivity index (χ0) is 15.4. The SMILES string of the molecule is CC1(C)C2CCC(CNCCNC3CCCCCCC3)[C@@H]1C2. The Morgan fingerprint density at radius 3 is 2.27 bits per heavy atom. The summed E-state index contributed by atoms with van der Waals surface area (Å²) < 4.78 is 0. The highest BCUT2D eigenvalue weighted by Crippen LogP contribution is 2.61. The fourth-order valence-corrected chi connectivity index (χ4v) is 5.52. The molecule has 3 atom stereocenters. The zero-order valence-corrected chi connectivity index (χ0v) is 15.0. The molecule has 4 rings (SSSR count). The van der Waals surface area contributed by atoms with E-state index in [0.29, 0.717) is 5.41 Å². The van der Waals surface area contributed by atoms with Gasteiger partial charge in [0.1, 0.15) is 0 Å². The molecular formula is C20H38N2. The van der Waals surface area contributed by atoms with E-state index >= 15 is 0 Å². The molecule has 0 amide bonds. The van der Waals surface area contributed by atoms with Crippen molar-refractivity contribution in [3.63, 3.8) is 0 Å². The average molecular weight is 307 g/mol. The summed E-state index contributed by atoms with van der Waals surface area (Å²) in [5.41, 5.74) is 0.641. The van der Waals surface area contributed by atoms with Crippen LogP contribution < -0.4 is 10.6 Å². The van der Waals surface area contributed by atoms with Crippen molar-refractivity contribution in [3.05, 3.63) is 0 Å². The van der Waals surface area contributed by atoms with Gasteiger partial charge in [-0.2, -0.15) is 0 Å². The second kappa shape index (κ2) is 7.66. The van der Waals surface area contributed by atoms with E-state index in [0.717, 1.165) is 36.9 Å². The van der Waals surface area contributed by atoms with Gasteiger partial charge in [0, 0.05) is 19.1 Å². The molecule has 0 spiro atoms. The molecule has 4 saturated carbocycles. The molecule has 0 aliphatic heterocycles. The molecule has 2 unspecified atom stereocenters. The van der Waals surface area contributed by atoms with Crippen LogP contribution in [0.1, 0.15) is 78.1 Å². The minimum atomic E-state index is 0.641. The molecule has 4 fully saturated rings. The van der Waals surface area contributed by atoms with Crippen molar-refractivity contribution in [1.82, 2.24) is 10.6 Å². The van der Waals surface area contributed by atoms with E-state index in [1.165, 1.54) is 70.8 Å². The molecule has 0 heterocycles. The highest BCUT2D eigenvalue weighted by atomic mass is 15.0. The number of rotatable bonds is 6. The Labute approximate surface area is 138 Å². The van der Waals surface area contributed by atoms with Crippen molar-refractivity contribution >= 4 is 0 Å². The van der Waals surface area contributed by atoms with Gasteiger partial charge in [0.2, 0.25) is 0 Å².